The first-order valence-electron chi connectivity index (χ1n) is 9.40. The number of Topliss-reactive ketones (excluding diaryl/α,β-unsaturated/α-hetero) is 1. The zero-order valence-electron chi connectivity index (χ0n) is 15.2. The van der Waals surface area contributed by atoms with E-state index in [-0.39, 0.29) is 11.7 Å². The number of ketones is 1. The number of ether oxygens (including phenoxy) is 1. The monoisotopic (exact) mass is 351 g/mol. The van der Waals surface area contributed by atoms with Gasteiger partial charge in [0.05, 0.1) is 0 Å². The number of aryl methyl sites for hydroxylation is 1. The van der Waals surface area contributed by atoms with Crippen molar-refractivity contribution < 1.29 is 9.53 Å². The summed E-state index contributed by atoms with van der Waals surface area (Å²) < 4.78 is 5.93. The fourth-order valence-corrected chi connectivity index (χ4v) is 3.30. The number of anilines is 1. The molecule has 0 spiro atoms. The Morgan fingerprint density at radius 3 is 2.77 bits per heavy atom. The predicted molar refractivity (Wildman–Crippen MR) is 102 cm³/mol. The van der Waals surface area contributed by atoms with E-state index in [0.717, 1.165) is 61.5 Å². The van der Waals surface area contributed by atoms with E-state index in [2.05, 4.69) is 15.2 Å². The Kier molecular flexibility index (Phi) is 4.89. The van der Waals surface area contributed by atoms with Gasteiger partial charge in [-0.25, -0.2) is 0 Å². The highest BCUT2D eigenvalue weighted by molar-refractivity contribution is 5.99. The maximum atomic E-state index is 12.2. The lowest BCUT2D eigenvalue weighted by atomic mass is 10.0. The van der Waals surface area contributed by atoms with Crippen molar-refractivity contribution >= 4 is 11.6 Å². The number of piperazine rings is 1. The first-order chi connectivity index (χ1) is 12.7. The number of benzene rings is 1. The van der Waals surface area contributed by atoms with E-state index in [1.54, 1.807) is 0 Å². The Hall–Kier alpha value is -2.40. The molecule has 2 aliphatic rings. The molecular formula is C21H25N3O2. The molecule has 2 aromatic rings. The van der Waals surface area contributed by atoms with Crippen LogP contribution in [0.4, 0.5) is 5.82 Å². The third-order valence-electron chi connectivity index (χ3n) is 5.10. The maximum absolute atomic E-state index is 12.2. The molecule has 0 unspecified atom stereocenters. The van der Waals surface area contributed by atoms with Crippen LogP contribution in [0.3, 0.4) is 0 Å². The van der Waals surface area contributed by atoms with Gasteiger partial charge in [-0.05, 0) is 43.0 Å². The molecule has 0 bridgehead atoms. The van der Waals surface area contributed by atoms with Crippen LogP contribution in [0.5, 0.6) is 5.88 Å². The summed E-state index contributed by atoms with van der Waals surface area (Å²) in [7, 11) is 0. The van der Waals surface area contributed by atoms with Crippen molar-refractivity contribution in [3.8, 4) is 5.88 Å². The van der Waals surface area contributed by atoms with Crippen LogP contribution in [-0.2, 0) is 6.61 Å². The maximum Gasteiger partial charge on any atom is 0.215 e. The average Bonchev–Trinajstić information content (AvgIpc) is 3.53. The molecule has 4 rings (SSSR count). The van der Waals surface area contributed by atoms with E-state index in [0.29, 0.717) is 12.5 Å². The second-order valence-corrected chi connectivity index (χ2v) is 7.14. The molecule has 2 heterocycles. The molecule has 0 amide bonds. The second kappa shape index (κ2) is 7.46. The summed E-state index contributed by atoms with van der Waals surface area (Å²) in [6.07, 6.45) is 2.08. The number of carbonyl (C=O) groups excluding carboxylic acids is 1. The van der Waals surface area contributed by atoms with Crippen molar-refractivity contribution in [3.63, 3.8) is 0 Å². The van der Waals surface area contributed by atoms with Crippen molar-refractivity contribution in [2.45, 2.75) is 26.4 Å². The fourth-order valence-electron chi connectivity index (χ4n) is 3.30. The Labute approximate surface area is 154 Å². The molecule has 0 atom stereocenters. The van der Waals surface area contributed by atoms with E-state index in [9.17, 15) is 4.79 Å². The minimum atomic E-state index is 0.258. The molecule has 0 radical (unpaired) electrons. The van der Waals surface area contributed by atoms with Gasteiger partial charge in [-0.1, -0.05) is 18.2 Å². The smallest absolute Gasteiger partial charge is 0.215 e. The first-order valence-corrected chi connectivity index (χ1v) is 9.40. The SMILES string of the molecule is Cc1cc(C(=O)C2CC2)ccc1COc1cccc(N2CCNCC2)n1. The van der Waals surface area contributed by atoms with Crippen molar-refractivity contribution in [1.82, 2.24) is 10.3 Å². The topological polar surface area (TPSA) is 54.5 Å². The lowest BCUT2D eigenvalue weighted by Gasteiger charge is -2.28. The number of carbonyl (C=O) groups is 1. The predicted octanol–water partition coefficient (Wildman–Crippen LogP) is 2.97. The van der Waals surface area contributed by atoms with Crippen LogP contribution in [0.2, 0.25) is 0 Å². The molecule has 1 aliphatic heterocycles. The lowest BCUT2D eigenvalue weighted by Crippen LogP contribution is -2.43. The number of nitrogens with one attached hydrogen (secondary N) is 1. The van der Waals surface area contributed by atoms with E-state index >= 15 is 0 Å². The highest BCUT2D eigenvalue weighted by Crippen LogP contribution is 2.33. The van der Waals surface area contributed by atoms with Gasteiger partial charge in [-0.2, -0.15) is 4.98 Å². The first kappa shape index (κ1) is 17.0. The van der Waals surface area contributed by atoms with E-state index in [4.69, 9.17) is 4.74 Å². The minimum absolute atomic E-state index is 0.258. The van der Waals surface area contributed by atoms with Crippen LogP contribution in [0.1, 0.15) is 34.3 Å². The summed E-state index contributed by atoms with van der Waals surface area (Å²) in [4.78, 5) is 19.1. The summed E-state index contributed by atoms with van der Waals surface area (Å²) >= 11 is 0. The van der Waals surface area contributed by atoms with Gasteiger partial charge in [0.2, 0.25) is 5.88 Å². The molecular weight excluding hydrogens is 326 g/mol. The molecule has 1 saturated heterocycles. The second-order valence-electron chi connectivity index (χ2n) is 7.14. The lowest BCUT2D eigenvalue weighted by molar-refractivity contribution is 0.0967. The van der Waals surface area contributed by atoms with Gasteiger partial charge in [-0.15, -0.1) is 0 Å². The van der Waals surface area contributed by atoms with Gasteiger partial charge in [-0.3, -0.25) is 4.79 Å². The van der Waals surface area contributed by atoms with E-state index in [1.807, 2.05) is 43.3 Å². The Morgan fingerprint density at radius 1 is 1.23 bits per heavy atom. The van der Waals surface area contributed by atoms with Crippen molar-refractivity contribution in [3.05, 3.63) is 53.1 Å². The molecule has 1 saturated carbocycles. The Morgan fingerprint density at radius 2 is 2.04 bits per heavy atom. The number of nitrogens with zero attached hydrogens (tertiary/aromatic N) is 2. The third-order valence-corrected chi connectivity index (χ3v) is 5.10. The molecule has 136 valence electrons. The van der Waals surface area contributed by atoms with E-state index in [1.165, 1.54) is 0 Å². The van der Waals surface area contributed by atoms with Gasteiger partial charge in [0.25, 0.3) is 0 Å². The van der Waals surface area contributed by atoms with Gasteiger partial charge >= 0.3 is 0 Å². The Balaban J connectivity index is 1.41. The van der Waals surface area contributed by atoms with Crippen LogP contribution in [0.15, 0.2) is 36.4 Å². The molecule has 5 nitrogen and oxygen atoms in total. The van der Waals surface area contributed by atoms with Crippen LogP contribution in [0.25, 0.3) is 0 Å². The summed E-state index contributed by atoms with van der Waals surface area (Å²) in [5, 5.41) is 3.35. The molecule has 1 aromatic carbocycles. The number of hydrogen-bond donors (Lipinski definition) is 1. The Bertz CT molecular complexity index is 796. The van der Waals surface area contributed by atoms with Gasteiger partial charge in [0, 0.05) is 43.7 Å². The molecule has 5 heteroatoms. The van der Waals surface area contributed by atoms with Crippen LogP contribution < -0.4 is 15.0 Å². The summed E-state index contributed by atoms with van der Waals surface area (Å²) in [5.74, 6) is 2.14. The fraction of sp³-hybridized carbons (Fsp3) is 0.429. The van der Waals surface area contributed by atoms with Crippen LogP contribution >= 0.6 is 0 Å². The minimum Gasteiger partial charge on any atom is -0.473 e. The molecule has 1 aliphatic carbocycles. The van der Waals surface area contributed by atoms with Gasteiger partial charge < -0.3 is 15.0 Å². The molecule has 2 fully saturated rings. The summed E-state index contributed by atoms with van der Waals surface area (Å²) in [6.45, 7) is 6.39. The van der Waals surface area contributed by atoms with Crippen LogP contribution in [-0.4, -0.2) is 36.9 Å². The normalized spacial score (nSPS) is 17.2. The number of rotatable bonds is 6. The number of pyridine rings is 1. The highest BCUT2D eigenvalue weighted by atomic mass is 16.5. The third kappa shape index (κ3) is 3.88. The number of hydrogen-bond acceptors (Lipinski definition) is 5. The largest absolute Gasteiger partial charge is 0.473 e. The quantitative estimate of drug-likeness (QED) is 0.811. The summed E-state index contributed by atoms with van der Waals surface area (Å²) in [5.41, 5.74) is 3.01. The van der Waals surface area contributed by atoms with Gasteiger partial charge in [0.1, 0.15) is 12.4 Å². The molecule has 1 aromatic heterocycles. The van der Waals surface area contributed by atoms with Crippen molar-refractivity contribution in [2.24, 2.45) is 5.92 Å². The van der Waals surface area contributed by atoms with E-state index < -0.39 is 0 Å². The van der Waals surface area contributed by atoms with Crippen LogP contribution in [0, 0.1) is 12.8 Å². The zero-order valence-corrected chi connectivity index (χ0v) is 15.2. The number of aromatic nitrogens is 1. The summed E-state index contributed by atoms with van der Waals surface area (Å²) in [6, 6.07) is 11.8. The zero-order chi connectivity index (χ0) is 17.9. The standard InChI is InChI=1S/C21H25N3O2/c1-15-13-17(21(25)16-5-6-16)7-8-18(15)14-26-20-4-2-3-19(23-20)24-11-9-22-10-12-24/h2-4,7-8,13,16,22H,5-6,9-12,14H2,1H3. The van der Waals surface area contributed by atoms with Gasteiger partial charge in [0.15, 0.2) is 5.78 Å². The van der Waals surface area contributed by atoms with Crippen molar-refractivity contribution in [2.75, 3.05) is 31.1 Å². The van der Waals surface area contributed by atoms with Crippen molar-refractivity contribution in [1.29, 1.82) is 0 Å². The highest BCUT2D eigenvalue weighted by Gasteiger charge is 2.30. The molecule has 26 heavy (non-hydrogen) atoms. The average molecular weight is 351 g/mol. The molecule has 1 N–H and O–H groups in total.